The predicted octanol–water partition coefficient (Wildman–Crippen LogP) is 3.99. The zero-order valence-electron chi connectivity index (χ0n) is 16.3. The van der Waals surface area contributed by atoms with Gasteiger partial charge in [0, 0.05) is 49.4 Å². The number of benzene rings is 1. The zero-order valence-corrected chi connectivity index (χ0v) is 16.3. The first kappa shape index (κ1) is 18.5. The second-order valence-corrected chi connectivity index (χ2v) is 8.40. The topological polar surface area (TPSA) is 45.6 Å². The van der Waals surface area contributed by atoms with Crippen molar-refractivity contribution in [3.8, 4) is 5.75 Å². The van der Waals surface area contributed by atoms with Crippen LogP contribution in [0.3, 0.4) is 0 Å². The van der Waals surface area contributed by atoms with Gasteiger partial charge in [0.2, 0.25) is 0 Å². The Bertz CT molecular complexity index is 731. The van der Waals surface area contributed by atoms with Gasteiger partial charge in [0.15, 0.2) is 0 Å². The highest BCUT2D eigenvalue weighted by atomic mass is 16.5. The molecule has 1 aliphatic heterocycles. The summed E-state index contributed by atoms with van der Waals surface area (Å²) in [5.74, 6) is 1.48. The molecule has 3 atom stereocenters. The maximum atomic E-state index is 11.6. The van der Waals surface area contributed by atoms with Gasteiger partial charge in [0.25, 0.3) is 0 Å². The molecule has 4 rings (SSSR count). The summed E-state index contributed by atoms with van der Waals surface area (Å²) in [7, 11) is 0. The van der Waals surface area contributed by atoms with Crippen LogP contribution in [0, 0.1) is 11.8 Å². The summed E-state index contributed by atoms with van der Waals surface area (Å²) in [6.45, 7) is 6.89. The predicted molar refractivity (Wildman–Crippen MR) is 106 cm³/mol. The van der Waals surface area contributed by atoms with E-state index in [4.69, 9.17) is 4.74 Å². The minimum Gasteiger partial charge on any atom is -0.491 e. The van der Waals surface area contributed by atoms with Crippen molar-refractivity contribution < 1.29 is 9.84 Å². The molecule has 27 heavy (non-hydrogen) atoms. The van der Waals surface area contributed by atoms with Gasteiger partial charge < -0.3 is 9.84 Å². The third kappa shape index (κ3) is 3.74. The number of hydrogen-bond donors (Lipinski definition) is 1. The largest absolute Gasteiger partial charge is 0.491 e. The Kier molecular flexibility index (Phi) is 5.20. The lowest BCUT2D eigenvalue weighted by molar-refractivity contribution is -0.148. The normalized spacial score (nSPS) is 28.3. The van der Waals surface area contributed by atoms with Crippen LogP contribution < -0.4 is 4.74 Å². The molecule has 2 aliphatic rings. The molecule has 1 aromatic heterocycles. The molecule has 1 N–H and O–H groups in total. The summed E-state index contributed by atoms with van der Waals surface area (Å²) < 4.78 is 5.74. The van der Waals surface area contributed by atoms with Crippen LogP contribution >= 0.6 is 0 Å². The van der Waals surface area contributed by atoms with Crippen molar-refractivity contribution in [2.45, 2.75) is 51.4 Å². The van der Waals surface area contributed by atoms with Crippen LogP contribution in [0.5, 0.6) is 5.75 Å². The second kappa shape index (κ2) is 7.61. The maximum Gasteiger partial charge on any atom is 0.119 e. The molecule has 4 heteroatoms. The van der Waals surface area contributed by atoms with Gasteiger partial charge in [-0.05, 0) is 50.5 Å². The number of likely N-dealkylation sites (tertiary alicyclic amines) is 1. The van der Waals surface area contributed by atoms with E-state index in [1.165, 1.54) is 12.0 Å². The highest BCUT2D eigenvalue weighted by Gasteiger charge is 2.51. The van der Waals surface area contributed by atoms with Crippen molar-refractivity contribution in [3.63, 3.8) is 0 Å². The van der Waals surface area contributed by atoms with Crippen LogP contribution in [0.4, 0.5) is 0 Å². The first-order valence-electron chi connectivity index (χ1n) is 10.2. The van der Waals surface area contributed by atoms with Crippen molar-refractivity contribution in [2.75, 3.05) is 13.1 Å². The number of rotatable bonds is 5. The highest BCUT2D eigenvalue weighted by molar-refractivity contribution is 5.28. The molecule has 1 aliphatic carbocycles. The van der Waals surface area contributed by atoms with Gasteiger partial charge in [-0.1, -0.05) is 24.6 Å². The highest BCUT2D eigenvalue weighted by Crippen LogP contribution is 2.49. The molecule has 2 fully saturated rings. The summed E-state index contributed by atoms with van der Waals surface area (Å²) in [4.78, 5) is 6.77. The number of nitrogens with zero attached hydrogens (tertiary/aromatic N) is 2. The molecule has 1 aromatic carbocycles. The van der Waals surface area contributed by atoms with Gasteiger partial charge in [-0.2, -0.15) is 0 Å². The Morgan fingerprint density at radius 3 is 2.44 bits per heavy atom. The number of aromatic nitrogens is 1. The number of hydrogen-bond acceptors (Lipinski definition) is 4. The molecular weight excluding hydrogens is 336 g/mol. The van der Waals surface area contributed by atoms with Gasteiger partial charge >= 0.3 is 0 Å². The fourth-order valence-electron chi connectivity index (χ4n) is 4.95. The number of ether oxygens (including phenoxy) is 1. The van der Waals surface area contributed by atoms with Crippen molar-refractivity contribution in [1.29, 1.82) is 0 Å². The van der Waals surface area contributed by atoms with E-state index in [1.54, 1.807) is 6.20 Å². The average Bonchev–Trinajstić information content (AvgIpc) is 2.64. The third-order valence-corrected chi connectivity index (χ3v) is 6.13. The molecule has 4 nitrogen and oxygen atoms in total. The molecule has 1 unspecified atom stereocenters. The lowest BCUT2D eigenvalue weighted by Gasteiger charge is -2.53. The number of piperidine rings is 1. The van der Waals surface area contributed by atoms with Gasteiger partial charge in [0.05, 0.1) is 11.7 Å². The molecule has 0 amide bonds. The molecule has 0 spiro atoms. The number of pyridine rings is 1. The second-order valence-electron chi connectivity index (χ2n) is 8.40. The summed E-state index contributed by atoms with van der Waals surface area (Å²) in [5.41, 5.74) is 1.57. The monoisotopic (exact) mass is 366 g/mol. The van der Waals surface area contributed by atoms with E-state index in [0.717, 1.165) is 43.8 Å². The van der Waals surface area contributed by atoms with Crippen LogP contribution in [0.15, 0.2) is 48.8 Å². The smallest absolute Gasteiger partial charge is 0.119 e. The van der Waals surface area contributed by atoms with E-state index in [0.29, 0.717) is 0 Å². The summed E-state index contributed by atoms with van der Waals surface area (Å²) in [6.07, 6.45) is 7.22. The Balaban J connectivity index is 1.47. The van der Waals surface area contributed by atoms with Crippen molar-refractivity contribution in [1.82, 2.24) is 9.88 Å². The lowest BCUT2D eigenvalue weighted by atomic mass is 9.63. The van der Waals surface area contributed by atoms with Crippen LogP contribution in [0.25, 0.3) is 0 Å². The minimum absolute atomic E-state index is 0.197. The molecule has 1 saturated heterocycles. The molecule has 1 saturated carbocycles. The number of aliphatic hydroxyl groups is 1. The number of fused-ring (bicyclic) bond motifs is 2. The lowest BCUT2D eigenvalue weighted by Crippen LogP contribution is -2.57. The van der Waals surface area contributed by atoms with E-state index in [9.17, 15) is 5.11 Å². The van der Waals surface area contributed by atoms with Gasteiger partial charge in [-0.3, -0.25) is 9.88 Å². The Morgan fingerprint density at radius 1 is 1.15 bits per heavy atom. The van der Waals surface area contributed by atoms with E-state index >= 15 is 0 Å². The Morgan fingerprint density at radius 2 is 1.85 bits per heavy atom. The molecule has 0 radical (unpaired) electrons. The van der Waals surface area contributed by atoms with Gasteiger partial charge in [-0.15, -0.1) is 0 Å². The zero-order chi connectivity index (χ0) is 18.9. The molecule has 2 aromatic rings. The molecule has 2 bridgehead atoms. The van der Waals surface area contributed by atoms with E-state index in [1.807, 2.05) is 32.2 Å². The first-order valence-corrected chi connectivity index (χ1v) is 10.2. The summed E-state index contributed by atoms with van der Waals surface area (Å²) in [6, 6.07) is 12.4. The third-order valence-electron chi connectivity index (χ3n) is 6.13. The van der Waals surface area contributed by atoms with Crippen LogP contribution in [-0.4, -0.2) is 34.2 Å². The summed E-state index contributed by atoms with van der Waals surface area (Å²) in [5, 5.41) is 11.6. The van der Waals surface area contributed by atoms with E-state index in [2.05, 4.69) is 34.1 Å². The van der Waals surface area contributed by atoms with E-state index in [-0.39, 0.29) is 17.9 Å². The standard InChI is InChI=1S/C23H30N2O2/c1-17(2)27-22-10-8-18(9-11-22)14-25-15-20-5-3-6-21(16-25)23(20,26)19-7-4-12-24-13-19/h4,7-13,17,20-21,26H,3,5-6,14-16H2,1-2H3/t20-,21+,23?. The van der Waals surface area contributed by atoms with Crippen molar-refractivity contribution in [3.05, 3.63) is 59.9 Å². The Hall–Kier alpha value is -1.91. The quantitative estimate of drug-likeness (QED) is 0.869. The molecule has 144 valence electrons. The summed E-state index contributed by atoms with van der Waals surface area (Å²) >= 11 is 0. The van der Waals surface area contributed by atoms with Gasteiger partial charge in [0.1, 0.15) is 5.75 Å². The van der Waals surface area contributed by atoms with Crippen LogP contribution in [0.1, 0.15) is 44.2 Å². The minimum atomic E-state index is -0.724. The first-order chi connectivity index (χ1) is 13.1. The van der Waals surface area contributed by atoms with Gasteiger partial charge in [-0.25, -0.2) is 0 Å². The van der Waals surface area contributed by atoms with Crippen LogP contribution in [0.2, 0.25) is 0 Å². The molecular formula is C23H30N2O2. The SMILES string of the molecule is CC(C)Oc1ccc(CN2C[C@H]3CCC[C@@H](C2)C3(O)c2cccnc2)cc1. The average molecular weight is 367 g/mol. The Labute approximate surface area is 162 Å². The van der Waals surface area contributed by atoms with Crippen LogP contribution in [-0.2, 0) is 12.1 Å². The van der Waals surface area contributed by atoms with Crippen molar-refractivity contribution >= 4 is 0 Å². The molecule has 2 heterocycles. The van der Waals surface area contributed by atoms with E-state index < -0.39 is 5.60 Å². The fourth-order valence-corrected chi connectivity index (χ4v) is 4.95. The fraction of sp³-hybridized carbons (Fsp3) is 0.522. The van der Waals surface area contributed by atoms with Crippen molar-refractivity contribution in [2.24, 2.45) is 11.8 Å². The maximum absolute atomic E-state index is 11.6.